The maximum Gasteiger partial charge on any atom is 0.267 e. The van der Waals surface area contributed by atoms with Gasteiger partial charge in [0, 0.05) is 49.4 Å². The van der Waals surface area contributed by atoms with Crippen molar-refractivity contribution in [2.45, 2.75) is 43.8 Å². The second-order valence-electron chi connectivity index (χ2n) is 8.59. The Morgan fingerprint density at radius 3 is 2.48 bits per heavy atom. The van der Waals surface area contributed by atoms with Gasteiger partial charge in [-0.15, -0.1) is 10.2 Å². The lowest BCUT2D eigenvalue weighted by Gasteiger charge is -2.36. The number of phenolic OH excluding ortho intramolecular Hbond substituents is 1. The minimum absolute atomic E-state index is 0.0866. The standard InChI is InChI=1S/C23H26N6O2/c1-28(18-11-16-4-5-17(12-18)25-16)22-8-7-20(26-27-22)19-6-3-14(9-21(19)30)15-10-23(31)29(2)24-13-15/h3,6-10,13,16-18,25,30H,4-5,11-12H2,1-2H3/t16-,17+,18-. The quantitative estimate of drug-likeness (QED) is 0.671. The molecule has 2 aliphatic rings. The van der Waals surface area contributed by atoms with Crippen LogP contribution in [0.4, 0.5) is 5.82 Å². The number of aromatic hydroxyl groups is 1. The Bertz CT molecular complexity index is 1150. The summed E-state index contributed by atoms with van der Waals surface area (Å²) in [7, 11) is 3.69. The van der Waals surface area contributed by atoms with Crippen LogP contribution in [0.25, 0.3) is 22.4 Å². The Labute approximate surface area is 180 Å². The highest BCUT2D eigenvalue weighted by Crippen LogP contribution is 2.33. The van der Waals surface area contributed by atoms with Crippen molar-refractivity contribution in [3.63, 3.8) is 0 Å². The molecule has 2 aromatic heterocycles. The van der Waals surface area contributed by atoms with Crippen molar-refractivity contribution >= 4 is 5.82 Å². The van der Waals surface area contributed by atoms with Gasteiger partial charge in [0.2, 0.25) is 0 Å². The summed E-state index contributed by atoms with van der Waals surface area (Å²) in [5.41, 5.74) is 2.38. The lowest BCUT2D eigenvalue weighted by atomic mass is 9.98. The van der Waals surface area contributed by atoms with Gasteiger partial charge in [-0.3, -0.25) is 4.79 Å². The monoisotopic (exact) mass is 418 g/mol. The molecule has 0 spiro atoms. The Hall–Kier alpha value is -3.26. The predicted octanol–water partition coefficient (Wildman–Crippen LogP) is 2.33. The van der Waals surface area contributed by atoms with E-state index in [9.17, 15) is 9.90 Å². The summed E-state index contributed by atoms with van der Waals surface area (Å²) < 4.78 is 1.26. The number of hydrogen-bond acceptors (Lipinski definition) is 7. The first-order chi connectivity index (χ1) is 15.0. The van der Waals surface area contributed by atoms with E-state index >= 15 is 0 Å². The Morgan fingerprint density at radius 2 is 1.84 bits per heavy atom. The third-order valence-electron chi connectivity index (χ3n) is 6.58. The van der Waals surface area contributed by atoms with Crippen LogP contribution in [0, 0.1) is 0 Å². The fraction of sp³-hybridized carbons (Fsp3) is 0.391. The molecule has 5 rings (SSSR count). The molecule has 2 bridgehead atoms. The van der Waals surface area contributed by atoms with E-state index in [-0.39, 0.29) is 11.3 Å². The maximum atomic E-state index is 11.8. The molecule has 2 N–H and O–H groups in total. The highest BCUT2D eigenvalue weighted by molar-refractivity contribution is 5.74. The van der Waals surface area contributed by atoms with Crippen LogP contribution in [-0.4, -0.2) is 50.3 Å². The molecule has 31 heavy (non-hydrogen) atoms. The molecular weight excluding hydrogens is 392 g/mol. The molecule has 2 saturated heterocycles. The van der Waals surface area contributed by atoms with Crippen LogP contribution in [0.15, 0.2) is 47.4 Å². The summed E-state index contributed by atoms with van der Waals surface area (Å²) in [6.45, 7) is 0. The van der Waals surface area contributed by atoms with Gasteiger partial charge in [0.25, 0.3) is 5.56 Å². The van der Waals surface area contributed by atoms with Gasteiger partial charge in [0.15, 0.2) is 5.82 Å². The van der Waals surface area contributed by atoms with E-state index in [0.29, 0.717) is 34.9 Å². The number of aromatic nitrogens is 4. The number of phenols is 1. The van der Waals surface area contributed by atoms with Gasteiger partial charge >= 0.3 is 0 Å². The first-order valence-corrected chi connectivity index (χ1v) is 10.7. The van der Waals surface area contributed by atoms with E-state index in [1.54, 1.807) is 25.4 Å². The number of fused-ring (bicyclic) bond motifs is 2. The van der Waals surface area contributed by atoms with Crippen LogP contribution < -0.4 is 15.8 Å². The predicted molar refractivity (Wildman–Crippen MR) is 119 cm³/mol. The van der Waals surface area contributed by atoms with E-state index in [0.717, 1.165) is 24.2 Å². The van der Waals surface area contributed by atoms with E-state index in [1.807, 2.05) is 18.2 Å². The number of piperidine rings is 1. The Morgan fingerprint density at radius 1 is 1.06 bits per heavy atom. The van der Waals surface area contributed by atoms with Crippen molar-refractivity contribution in [2.24, 2.45) is 7.05 Å². The van der Waals surface area contributed by atoms with Crippen LogP contribution in [0.5, 0.6) is 5.75 Å². The number of hydrogen-bond donors (Lipinski definition) is 2. The van der Waals surface area contributed by atoms with E-state index < -0.39 is 0 Å². The van der Waals surface area contributed by atoms with Gasteiger partial charge in [-0.05, 0) is 55.5 Å². The molecule has 2 aliphatic heterocycles. The smallest absolute Gasteiger partial charge is 0.267 e. The third-order valence-corrected chi connectivity index (χ3v) is 6.58. The summed E-state index contributed by atoms with van der Waals surface area (Å²) >= 11 is 0. The van der Waals surface area contributed by atoms with Gasteiger partial charge in [-0.25, -0.2) is 4.68 Å². The minimum atomic E-state index is -0.201. The molecular formula is C23H26N6O2. The maximum absolute atomic E-state index is 11.8. The third kappa shape index (κ3) is 3.79. The summed E-state index contributed by atoms with van der Waals surface area (Å²) in [5.74, 6) is 0.931. The first kappa shape index (κ1) is 19.7. The second-order valence-corrected chi connectivity index (χ2v) is 8.59. The molecule has 0 radical (unpaired) electrons. The number of benzene rings is 1. The molecule has 3 aromatic rings. The number of nitrogens with zero attached hydrogens (tertiary/aromatic N) is 5. The molecule has 0 amide bonds. The normalized spacial score (nSPS) is 22.5. The van der Waals surface area contributed by atoms with Crippen LogP contribution in [0.1, 0.15) is 25.7 Å². The second kappa shape index (κ2) is 7.77. The van der Waals surface area contributed by atoms with Crippen LogP contribution in [-0.2, 0) is 7.05 Å². The fourth-order valence-electron chi connectivity index (χ4n) is 4.74. The van der Waals surface area contributed by atoms with Gasteiger partial charge in [0.05, 0.1) is 11.9 Å². The molecule has 8 nitrogen and oxygen atoms in total. The average Bonchev–Trinajstić information content (AvgIpc) is 3.12. The zero-order chi connectivity index (χ0) is 21.5. The molecule has 4 heterocycles. The summed E-state index contributed by atoms with van der Waals surface area (Å²) in [4.78, 5) is 14.1. The molecule has 160 valence electrons. The van der Waals surface area contributed by atoms with Crippen LogP contribution >= 0.6 is 0 Å². The Kier molecular flexibility index (Phi) is 4.94. The molecule has 0 aliphatic carbocycles. The molecule has 3 atom stereocenters. The van der Waals surface area contributed by atoms with Gasteiger partial charge < -0.3 is 15.3 Å². The molecule has 0 unspecified atom stereocenters. The molecule has 0 saturated carbocycles. The van der Waals surface area contributed by atoms with Crippen molar-refractivity contribution in [1.82, 2.24) is 25.3 Å². The molecule has 8 heteroatoms. The number of aryl methyl sites for hydroxylation is 1. The lowest BCUT2D eigenvalue weighted by Crippen LogP contribution is -2.47. The van der Waals surface area contributed by atoms with Crippen molar-refractivity contribution in [3.8, 4) is 28.1 Å². The zero-order valence-corrected chi connectivity index (χ0v) is 17.7. The molecule has 2 fully saturated rings. The highest BCUT2D eigenvalue weighted by Gasteiger charge is 2.35. The summed E-state index contributed by atoms with van der Waals surface area (Å²) in [5, 5.41) is 27.1. The van der Waals surface area contributed by atoms with Crippen LogP contribution in [0.3, 0.4) is 0 Å². The van der Waals surface area contributed by atoms with Crippen molar-refractivity contribution in [1.29, 1.82) is 0 Å². The number of nitrogens with one attached hydrogen (secondary N) is 1. The van der Waals surface area contributed by atoms with Crippen molar-refractivity contribution in [2.75, 3.05) is 11.9 Å². The number of anilines is 1. The molecule has 1 aromatic carbocycles. The van der Waals surface area contributed by atoms with Gasteiger partial charge in [-0.2, -0.15) is 5.10 Å². The Balaban J connectivity index is 1.35. The van der Waals surface area contributed by atoms with Gasteiger partial charge in [-0.1, -0.05) is 6.07 Å². The van der Waals surface area contributed by atoms with Crippen LogP contribution in [0.2, 0.25) is 0 Å². The first-order valence-electron chi connectivity index (χ1n) is 10.7. The fourth-order valence-corrected chi connectivity index (χ4v) is 4.74. The highest BCUT2D eigenvalue weighted by atomic mass is 16.3. The largest absolute Gasteiger partial charge is 0.507 e. The van der Waals surface area contributed by atoms with E-state index in [4.69, 9.17) is 0 Å². The zero-order valence-electron chi connectivity index (χ0n) is 17.7. The van der Waals surface area contributed by atoms with Crippen molar-refractivity contribution < 1.29 is 5.11 Å². The average molecular weight is 419 g/mol. The number of rotatable bonds is 4. The van der Waals surface area contributed by atoms with Crippen molar-refractivity contribution in [3.05, 3.63) is 52.9 Å². The van der Waals surface area contributed by atoms with Gasteiger partial charge in [0.1, 0.15) is 5.75 Å². The topological polar surface area (TPSA) is 96.2 Å². The summed E-state index contributed by atoms with van der Waals surface area (Å²) in [6.07, 6.45) is 6.41. The summed E-state index contributed by atoms with van der Waals surface area (Å²) in [6, 6.07) is 12.3. The van der Waals surface area contributed by atoms with E-state index in [1.165, 1.54) is 23.6 Å². The minimum Gasteiger partial charge on any atom is -0.507 e. The SMILES string of the molecule is CN(c1ccc(-c2ccc(-c3cnn(C)c(=O)c3)cc2O)nn1)[C@@H]1C[C@H]2CC[C@@H](C1)N2. The van der Waals surface area contributed by atoms with E-state index in [2.05, 4.69) is 32.6 Å². The lowest BCUT2D eigenvalue weighted by molar-refractivity contribution is 0.353.